The fraction of sp³-hybridized carbons (Fsp3) is 0.423. The maximum atomic E-state index is 14.6. The Morgan fingerprint density at radius 3 is 2.63 bits per heavy atom. The smallest absolute Gasteiger partial charge is 0.409 e. The minimum Gasteiger partial charge on any atom is -0.493 e. The molecule has 204 valence electrons. The van der Waals surface area contributed by atoms with Gasteiger partial charge in [-0.25, -0.2) is 19.2 Å². The maximum absolute atomic E-state index is 14.6. The molecule has 1 aliphatic carbocycles. The van der Waals surface area contributed by atoms with E-state index in [-0.39, 0.29) is 29.2 Å². The summed E-state index contributed by atoms with van der Waals surface area (Å²) in [5.74, 6) is 2.31. The van der Waals surface area contributed by atoms with E-state index in [1.54, 1.807) is 25.3 Å². The highest BCUT2D eigenvalue weighted by Gasteiger charge is 2.43. The number of carbonyl (C=O) groups is 1. The van der Waals surface area contributed by atoms with E-state index in [0.717, 1.165) is 25.9 Å². The van der Waals surface area contributed by atoms with E-state index < -0.39 is 5.82 Å². The molecule has 1 amide bonds. The molecule has 38 heavy (non-hydrogen) atoms. The summed E-state index contributed by atoms with van der Waals surface area (Å²) in [6.45, 7) is 4.26. The Labute approximate surface area is 239 Å². The Balaban J connectivity index is 0.00000336. The van der Waals surface area contributed by atoms with Crippen molar-refractivity contribution in [2.75, 3.05) is 38.7 Å². The van der Waals surface area contributed by atoms with Crippen molar-refractivity contribution in [1.82, 2.24) is 14.9 Å². The molecule has 0 spiro atoms. The maximum Gasteiger partial charge on any atom is 0.409 e. The van der Waals surface area contributed by atoms with E-state index in [1.807, 2.05) is 17.9 Å². The van der Waals surface area contributed by atoms with Gasteiger partial charge < -0.3 is 24.4 Å². The largest absolute Gasteiger partial charge is 0.493 e. The normalized spacial score (nSPS) is 20.1. The SMILES string of the molecule is CCOC(=O)N1C[C@H]2C[C@@H](COc3cc4ncnc(Nc5ccc(Br)c(Cl)c5F)c4cc3OC)C[C@H]2C1.Cl. The van der Waals surface area contributed by atoms with Crippen molar-refractivity contribution >= 4 is 68.4 Å². The summed E-state index contributed by atoms with van der Waals surface area (Å²) in [4.78, 5) is 22.5. The molecule has 1 saturated carbocycles. The Bertz CT molecular complexity index is 1320. The van der Waals surface area contributed by atoms with Crippen LogP contribution in [0.15, 0.2) is 35.1 Å². The lowest BCUT2D eigenvalue weighted by Crippen LogP contribution is -2.30. The molecule has 1 N–H and O–H groups in total. The molecule has 1 saturated heterocycles. The minimum absolute atomic E-state index is 0. The van der Waals surface area contributed by atoms with E-state index in [4.69, 9.17) is 25.8 Å². The third-order valence-electron chi connectivity index (χ3n) is 7.06. The number of hydrogen-bond donors (Lipinski definition) is 1. The summed E-state index contributed by atoms with van der Waals surface area (Å²) in [6, 6.07) is 6.84. The average molecular weight is 630 g/mol. The molecule has 1 aliphatic heterocycles. The first-order valence-corrected chi connectivity index (χ1v) is 13.3. The molecule has 12 heteroatoms. The summed E-state index contributed by atoms with van der Waals surface area (Å²) in [7, 11) is 1.57. The monoisotopic (exact) mass is 628 g/mol. The Kier molecular flexibility index (Phi) is 9.05. The van der Waals surface area contributed by atoms with Crippen molar-refractivity contribution in [2.45, 2.75) is 19.8 Å². The van der Waals surface area contributed by atoms with Crippen LogP contribution in [0.1, 0.15) is 19.8 Å². The second-order valence-corrected chi connectivity index (χ2v) is 10.6. The van der Waals surface area contributed by atoms with Gasteiger partial charge in [0.1, 0.15) is 12.1 Å². The van der Waals surface area contributed by atoms with Crippen molar-refractivity contribution in [3.8, 4) is 11.5 Å². The topological polar surface area (TPSA) is 85.8 Å². The molecule has 0 unspecified atom stereocenters. The van der Waals surface area contributed by atoms with Crippen LogP contribution in [0.5, 0.6) is 11.5 Å². The first kappa shape index (κ1) is 28.4. The average Bonchev–Trinajstić information content (AvgIpc) is 3.47. The third-order valence-corrected chi connectivity index (χ3v) is 8.32. The molecule has 0 bridgehead atoms. The number of fused-ring (bicyclic) bond motifs is 2. The molecule has 1 aromatic heterocycles. The second kappa shape index (κ2) is 12.1. The van der Waals surface area contributed by atoms with Crippen LogP contribution < -0.4 is 14.8 Å². The van der Waals surface area contributed by atoms with E-state index >= 15 is 0 Å². The van der Waals surface area contributed by atoms with Gasteiger partial charge in [0.05, 0.1) is 36.6 Å². The molecule has 2 aliphatic rings. The van der Waals surface area contributed by atoms with Gasteiger partial charge in [-0.3, -0.25) is 0 Å². The zero-order valence-electron chi connectivity index (χ0n) is 20.9. The lowest BCUT2D eigenvalue weighted by molar-refractivity contribution is 0.111. The highest BCUT2D eigenvalue weighted by Crippen LogP contribution is 2.43. The van der Waals surface area contributed by atoms with Crippen molar-refractivity contribution < 1.29 is 23.4 Å². The summed E-state index contributed by atoms with van der Waals surface area (Å²) in [6.07, 6.45) is 3.21. The van der Waals surface area contributed by atoms with E-state index in [9.17, 15) is 9.18 Å². The summed E-state index contributed by atoms with van der Waals surface area (Å²) in [5.41, 5.74) is 0.825. The first-order valence-electron chi connectivity index (χ1n) is 12.2. The molecular weight excluding hydrogens is 602 g/mol. The van der Waals surface area contributed by atoms with Crippen LogP contribution in [-0.4, -0.2) is 54.4 Å². The number of nitrogens with one attached hydrogen (secondary N) is 1. The number of likely N-dealkylation sites (tertiary alicyclic amines) is 1. The number of nitrogens with zero attached hydrogens (tertiary/aromatic N) is 3. The number of carbonyl (C=O) groups excluding carboxylic acids is 1. The zero-order valence-corrected chi connectivity index (χ0v) is 24.0. The quantitative estimate of drug-likeness (QED) is 0.286. The number of rotatable bonds is 7. The Morgan fingerprint density at radius 2 is 1.95 bits per heavy atom. The van der Waals surface area contributed by atoms with Crippen LogP contribution in [0.4, 0.5) is 20.7 Å². The molecular formula is C26H28BrCl2FN4O4. The summed E-state index contributed by atoms with van der Waals surface area (Å²) in [5, 5.41) is 3.65. The molecule has 2 fully saturated rings. The number of aromatic nitrogens is 2. The summed E-state index contributed by atoms with van der Waals surface area (Å²) < 4.78 is 32.1. The van der Waals surface area contributed by atoms with Crippen LogP contribution in [0.25, 0.3) is 10.9 Å². The van der Waals surface area contributed by atoms with Gasteiger partial charge in [0, 0.05) is 29.0 Å². The number of methoxy groups -OCH3 is 1. The molecule has 0 radical (unpaired) electrons. The number of ether oxygens (including phenoxy) is 3. The van der Waals surface area contributed by atoms with E-state index in [1.165, 1.54) is 6.33 Å². The number of benzene rings is 2. The van der Waals surface area contributed by atoms with Crippen molar-refractivity contribution in [3.63, 3.8) is 0 Å². The van der Waals surface area contributed by atoms with Crippen LogP contribution >= 0.6 is 39.9 Å². The van der Waals surface area contributed by atoms with Gasteiger partial charge in [-0.2, -0.15) is 0 Å². The van der Waals surface area contributed by atoms with Gasteiger partial charge in [0.2, 0.25) is 0 Å². The van der Waals surface area contributed by atoms with Crippen molar-refractivity contribution in [3.05, 3.63) is 45.9 Å². The fourth-order valence-corrected chi connectivity index (χ4v) is 5.79. The van der Waals surface area contributed by atoms with Crippen molar-refractivity contribution in [1.29, 1.82) is 0 Å². The summed E-state index contributed by atoms with van der Waals surface area (Å²) >= 11 is 9.26. The zero-order chi connectivity index (χ0) is 26.1. The van der Waals surface area contributed by atoms with Crippen LogP contribution in [0, 0.1) is 23.6 Å². The van der Waals surface area contributed by atoms with Crippen LogP contribution in [0.2, 0.25) is 5.02 Å². The highest BCUT2D eigenvalue weighted by molar-refractivity contribution is 9.10. The lowest BCUT2D eigenvalue weighted by atomic mass is 10.0. The predicted molar refractivity (Wildman–Crippen MR) is 150 cm³/mol. The molecule has 3 aromatic rings. The van der Waals surface area contributed by atoms with Crippen LogP contribution in [0.3, 0.4) is 0 Å². The molecule has 3 atom stereocenters. The van der Waals surface area contributed by atoms with Gasteiger partial charge in [-0.15, -0.1) is 12.4 Å². The first-order chi connectivity index (χ1) is 17.9. The van der Waals surface area contributed by atoms with Gasteiger partial charge in [-0.1, -0.05) is 11.6 Å². The van der Waals surface area contributed by atoms with Gasteiger partial charge in [-0.05, 0) is 71.6 Å². The van der Waals surface area contributed by atoms with Crippen molar-refractivity contribution in [2.24, 2.45) is 17.8 Å². The number of hydrogen-bond acceptors (Lipinski definition) is 7. The number of anilines is 2. The van der Waals surface area contributed by atoms with Gasteiger partial charge in [0.25, 0.3) is 0 Å². The minimum atomic E-state index is -0.582. The lowest BCUT2D eigenvalue weighted by Gasteiger charge is -2.19. The molecule has 2 aromatic carbocycles. The predicted octanol–water partition coefficient (Wildman–Crippen LogP) is 6.85. The highest BCUT2D eigenvalue weighted by atomic mass is 79.9. The molecule has 2 heterocycles. The molecule has 5 rings (SSSR count). The Hall–Kier alpha value is -2.56. The number of halogens is 4. The van der Waals surface area contributed by atoms with Crippen LogP contribution in [-0.2, 0) is 4.74 Å². The Morgan fingerprint density at radius 1 is 1.21 bits per heavy atom. The second-order valence-electron chi connectivity index (χ2n) is 9.36. The van der Waals surface area contributed by atoms with E-state index in [0.29, 0.717) is 63.7 Å². The third kappa shape index (κ3) is 5.72. The standard InChI is InChI=1S/C26H27BrClFN4O4.ClH/c1-3-36-26(34)33-10-15-6-14(7-16(15)11-33)12-37-22-9-20-17(8-21(22)35-2)25(31-13-30-20)32-19-5-4-18(27)23(28)24(19)29;/h4-5,8-9,13-16H,3,6-7,10-12H2,1-2H3,(H,30,31,32);1H/t14-,15-,16+;. The van der Waals surface area contributed by atoms with Gasteiger partial charge >= 0.3 is 6.09 Å². The van der Waals surface area contributed by atoms with E-state index in [2.05, 4.69) is 31.2 Å². The molecule has 8 nitrogen and oxygen atoms in total. The number of amides is 1. The fourth-order valence-electron chi connectivity index (χ4n) is 5.32. The van der Waals surface area contributed by atoms with Gasteiger partial charge in [0.15, 0.2) is 17.3 Å².